The van der Waals surface area contributed by atoms with Gasteiger partial charge in [0, 0.05) is 11.6 Å². The van der Waals surface area contributed by atoms with Crippen LogP contribution in [0.4, 0.5) is 0 Å². The molecule has 0 unspecified atom stereocenters. The van der Waals surface area contributed by atoms with Crippen molar-refractivity contribution >= 4 is 22.7 Å². The maximum Gasteiger partial charge on any atom is 0.149 e. The maximum atomic E-state index is 9.58. The van der Waals surface area contributed by atoms with Gasteiger partial charge in [0.2, 0.25) is 0 Å². The summed E-state index contributed by atoms with van der Waals surface area (Å²) in [5.74, 6) is 1.96. The van der Waals surface area contributed by atoms with Gasteiger partial charge in [-0.2, -0.15) is 5.26 Å². The third-order valence-electron chi connectivity index (χ3n) is 3.66. The molecule has 5 heteroatoms. The van der Waals surface area contributed by atoms with Gasteiger partial charge in [-0.3, -0.25) is 0 Å². The standard InChI is InChI=1S/C20H19N3O2/c1-3-24-16-10-9-14(19(12-16)25-4-2)11-15(13-21)20-22-17-7-5-6-8-18(17)23-20/h5-12H,3-4H2,1-2H3,(H,22,23)/b15-11+. The molecule has 1 heterocycles. The van der Waals surface area contributed by atoms with Crippen LogP contribution in [-0.4, -0.2) is 23.2 Å². The molecule has 0 spiro atoms. The fourth-order valence-electron chi connectivity index (χ4n) is 2.56. The fraction of sp³-hybridized carbons (Fsp3) is 0.200. The van der Waals surface area contributed by atoms with E-state index in [1.54, 1.807) is 6.08 Å². The number of hydrogen-bond donors (Lipinski definition) is 1. The predicted octanol–water partition coefficient (Wildman–Crippen LogP) is 4.42. The van der Waals surface area contributed by atoms with E-state index in [1.807, 2.05) is 56.3 Å². The lowest BCUT2D eigenvalue weighted by molar-refractivity contribution is 0.322. The second-order valence-corrected chi connectivity index (χ2v) is 5.34. The van der Waals surface area contributed by atoms with Gasteiger partial charge in [-0.25, -0.2) is 4.98 Å². The fourth-order valence-corrected chi connectivity index (χ4v) is 2.56. The van der Waals surface area contributed by atoms with Crippen LogP contribution >= 0.6 is 0 Å². The highest BCUT2D eigenvalue weighted by Gasteiger charge is 2.10. The summed E-state index contributed by atoms with van der Waals surface area (Å²) in [4.78, 5) is 7.67. The Bertz CT molecular complexity index is 918. The highest BCUT2D eigenvalue weighted by atomic mass is 16.5. The van der Waals surface area contributed by atoms with Crippen molar-refractivity contribution in [2.75, 3.05) is 13.2 Å². The third kappa shape index (κ3) is 3.64. The van der Waals surface area contributed by atoms with Gasteiger partial charge in [-0.05, 0) is 44.2 Å². The highest BCUT2D eigenvalue weighted by molar-refractivity contribution is 5.91. The van der Waals surface area contributed by atoms with Gasteiger partial charge in [-0.1, -0.05) is 12.1 Å². The molecule has 0 radical (unpaired) electrons. The molecule has 0 saturated carbocycles. The first-order valence-electron chi connectivity index (χ1n) is 8.21. The Hall–Kier alpha value is -3.26. The number of benzene rings is 2. The maximum absolute atomic E-state index is 9.58. The summed E-state index contributed by atoms with van der Waals surface area (Å²) in [6.45, 7) is 4.97. The molecule has 0 aliphatic carbocycles. The lowest BCUT2D eigenvalue weighted by Crippen LogP contribution is -1.97. The summed E-state index contributed by atoms with van der Waals surface area (Å²) in [5, 5.41) is 9.58. The highest BCUT2D eigenvalue weighted by Crippen LogP contribution is 2.29. The number of allylic oxidation sites excluding steroid dienone is 1. The van der Waals surface area contributed by atoms with Crippen LogP contribution < -0.4 is 9.47 Å². The summed E-state index contributed by atoms with van der Waals surface area (Å²) in [7, 11) is 0. The van der Waals surface area contributed by atoms with Crippen LogP contribution in [0.2, 0.25) is 0 Å². The van der Waals surface area contributed by atoms with Gasteiger partial charge in [-0.15, -0.1) is 0 Å². The van der Waals surface area contributed by atoms with Crippen LogP contribution in [-0.2, 0) is 0 Å². The number of nitrogens with zero attached hydrogens (tertiary/aromatic N) is 2. The molecule has 3 aromatic rings. The minimum atomic E-state index is 0.446. The molecule has 0 amide bonds. The molecular formula is C20H19N3O2. The molecule has 126 valence electrons. The largest absolute Gasteiger partial charge is 0.494 e. The van der Waals surface area contributed by atoms with Crippen molar-refractivity contribution < 1.29 is 9.47 Å². The summed E-state index contributed by atoms with van der Waals surface area (Å²) in [6, 6.07) is 15.5. The SMILES string of the molecule is CCOc1ccc(/C=C(\C#N)c2nc3ccccc3[nH]2)c(OCC)c1. The number of para-hydroxylation sites is 2. The molecule has 0 atom stereocenters. The second kappa shape index (κ2) is 7.54. The number of aromatic amines is 1. The van der Waals surface area contributed by atoms with Crippen molar-refractivity contribution in [3.8, 4) is 17.6 Å². The van der Waals surface area contributed by atoms with Crippen LogP contribution in [0.5, 0.6) is 11.5 Å². The Labute approximate surface area is 146 Å². The second-order valence-electron chi connectivity index (χ2n) is 5.34. The molecular weight excluding hydrogens is 314 g/mol. The number of H-pyrrole nitrogens is 1. The number of ether oxygens (including phenoxy) is 2. The van der Waals surface area contributed by atoms with Gasteiger partial charge in [0.05, 0.1) is 29.8 Å². The molecule has 0 bridgehead atoms. The lowest BCUT2D eigenvalue weighted by atomic mass is 10.1. The number of hydrogen-bond acceptors (Lipinski definition) is 4. The van der Waals surface area contributed by atoms with Crippen LogP contribution in [0, 0.1) is 11.3 Å². The monoisotopic (exact) mass is 333 g/mol. The van der Waals surface area contributed by atoms with Crippen molar-refractivity contribution in [1.82, 2.24) is 9.97 Å². The lowest BCUT2D eigenvalue weighted by Gasteiger charge is -2.10. The van der Waals surface area contributed by atoms with Gasteiger partial charge < -0.3 is 14.5 Å². The van der Waals surface area contributed by atoms with Crippen molar-refractivity contribution in [2.45, 2.75) is 13.8 Å². The average Bonchev–Trinajstić information content (AvgIpc) is 3.05. The molecule has 0 aliphatic rings. The Morgan fingerprint density at radius 1 is 1.16 bits per heavy atom. The average molecular weight is 333 g/mol. The number of fused-ring (bicyclic) bond motifs is 1. The quantitative estimate of drug-likeness (QED) is 0.678. The minimum absolute atomic E-state index is 0.446. The Kier molecular flexibility index (Phi) is 5.00. The van der Waals surface area contributed by atoms with Gasteiger partial charge >= 0.3 is 0 Å². The molecule has 3 rings (SSSR count). The molecule has 5 nitrogen and oxygen atoms in total. The van der Waals surface area contributed by atoms with E-state index in [2.05, 4.69) is 16.0 Å². The van der Waals surface area contributed by atoms with Crippen LogP contribution in [0.25, 0.3) is 22.7 Å². The molecule has 0 aliphatic heterocycles. The zero-order chi connectivity index (χ0) is 17.6. The van der Waals surface area contributed by atoms with E-state index in [1.165, 1.54) is 0 Å². The van der Waals surface area contributed by atoms with E-state index < -0.39 is 0 Å². The normalized spacial score (nSPS) is 11.3. The number of nitriles is 1. The van der Waals surface area contributed by atoms with E-state index in [0.29, 0.717) is 30.4 Å². The van der Waals surface area contributed by atoms with Crippen molar-refractivity contribution in [1.29, 1.82) is 5.26 Å². The Morgan fingerprint density at radius 2 is 1.96 bits per heavy atom. The summed E-state index contributed by atoms with van der Waals surface area (Å²) in [5.41, 5.74) is 2.98. The molecule has 0 saturated heterocycles. The number of aromatic nitrogens is 2. The summed E-state index contributed by atoms with van der Waals surface area (Å²) < 4.78 is 11.2. The topological polar surface area (TPSA) is 70.9 Å². The number of nitrogens with one attached hydrogen (secondary N) is 1. The summed E-state index contributed by atoms with van der Waals surface area (Å²) >= 11 is 0. The molecule has 0 fully saturated rings. The number of imidazole rings is 1. The first-order chi connectivity index (χ1) is 12.2. The zero-order valence-electron chi connectivity index (χ0n) is 14.2. The molecule has 2 aromatic carbocycles. The van der Waals surface area contributed by atoms with Crippen LogP contribution in [0.1, 0.15) is 25.2 Å². The molecule has 1 aromatic heterocycles. The van der Waals surface area contributed by atoms with E-state index in [-0.39, 0.29) is 0 Å². The van der Waals surface area contributed by atoms with E-state index in [9.17, 15) is 5.26 Å². The minimum Gasteiger partial charge on any atom is -0.494 e. The van der Waals surface area contributed by atoms with Crippen molar-refractivity contribution in [3.05, 3.63) is 53.9 Å². The number of rotatable bonds is 6. The Balaban J connectivity index is 2.03. The smallest absolute Gasteiger partial charge is 0.149 e. The Morgan fingerprint density at radius 3 is 2.68 bits per heavy atom. The van der Waals surface area contributed by atoms with Crippen LogP contribution in [0.3, 0.4) is 0 Å². The first kappa shape index (κ1) is 16.6. The predicted molar refractivity (Wildman–Crippen MR) is 98.4 cm³/mol. The van der Waals surface area contributed by atoms with Gasteiger partial charge in [0.25, 0.3) is 0 Å². The molecule has 1 N–H and O–H groups in total. The van der Waals surface area contributed by atoms with Crippen molar-refractivity contribution in [2.24, 2.45) is 0 Å². The first-order valence-corrected chi connectivity index (χ1v) is 8.21. The zero-order valence-corrected chi connectivity index (χ0v) is 14.2. The summed E-state index contributed by atoms with van der Waals surface area (Å²) in [6.07, 6.45) is 1.78. The molecule has 25 heavy (non-hydrogen) atoms. The van der Waals surface area contributed by atoms with Crippen molar-refractivity contribution in [3.63, 3.8) is 0 Å². The van der Waals surface area contributed by atoms with E-state index in [4.69, 9.17) is 9.47 Å². The third-order valence-corrected chi connectivity index (χ3v) is 3.66. The van der Waals surface area contributed by atoms with Crippen LogP contribution in [0.15, 0.2) is 42.5 Å². The van der Waals surface area contributed by atoms with Gasteiger partial charge in [0.1, 0.15) is 23.4 Å². The van der Waals surface area contributed by atoms with E-state index >= 15 is 0 Å². The van der Waals surface area contributed by atoms with E-state index in [0.717, 1.165) is 22.3 Å². The van der Waals surface area contributed by atoms with Gasteiger partial charge in [0.15, 0.2) is 0 Å².